The second kappa shape index (κ2) is 6.97. The first-order chi connectivity index (χ1) is 7.74. The smallest absolute Gasteiger partial charge is 0.141 e. The highest BCUT2D eigenvalue weighted by Crippen LogP contribution is 2.09. The van der Waals surface area contributed by atoms with E-state index in [4.69, 9.17) is 6.42 Å². The Bertz CT molecular complexity index is 340. The number of hydrogen-bond acceptors (Lipinski definition) is 2. The van der Waals surface area contributed by atoms with Crippen LogP contribution in [0.4, 0.5) is 4.39 Å². The number of unbranched alkanes of at least 4 members (excludes halogenated alkanes) is 2. The van der Waals surface area contributed by atoms with E-state index in [-0.39, 0.29) is 11.9 Å². The van der Waals surface area contributed by atoms with Gasteiger partial charge < -0.3 is 5.32 Å². The molecule has 2 nitrogen and oxygen atoms in total. The zero-order valence-corrected chi connectivity index (χ0v) is 9.54. The van der Waals surface area contributed by atoms with E-state index in [1.165, 1.54) is 12.3 Å². The fourth-order valence-electron chi connectivity index (χ4n) is 1.42. The van der Waals surface area contributed by atoms with Crippen molar-refractivity contribution in [2.24, 2.45) is 0 Å². The molecule has 0 amide bonds. The molecule has 1 aromatic heterocycles. The molecule has 0 aliphatic carbocycles. The van der Waals surface area contributed by atoms with Crippen molar-refractivity contribution in [1.82, 2.24) is 10.3 Å². The number of nitrogens with zero attached hydrogens (tertiary/aromatic N) is 1. The van der Waals surface area contributed by atoms with Gasteiger partial charge in [-0.15, -0.1) is 12.3 Å². The van der Waals surface area contributed by atoms with Crippen LogP contribution in [0.25, 0.3) is 0 Å². The van der Waals surface area contributed by atoms with Crippen LogP contribution in [0.3, 0.4) is 0 Å². The highest BCUT2D eigenvalue weighted by molar-refractivity contribution is 5.08. The molecule has 1 aromatic rings. The average molecular weight is 220 g/mol. The van der Waals surface area contributed by atoms with Crippen LogP contribution < -0.4 is 5.32 Å². The molecule has 1 atom stereocenters. The molecule has 0 fully saturated rings. The molecule has 0 aliphatic rings. The number of terminal acetylenes is 1. The lowest BCUT2D eigenvalue weighted by atomic mass is 10.2. The van der Waals surface area contributed by atoms with Gasteiger partial charge in [-0.25, -0.2) is 4.39 Å². The maximum atomic E-state index is 12.6. The predicted octanol–water partition coefficient (Wildman–Crippen LogP) is 2.67. The lowest BCUT2D eigenvalue weighted by molar-refractivity contribution is 0.535. The summed E-state index contributed by atoms with van der Waals surface area (Å²) in [6.07, 6.45) is 9.31. The van der Waals surface area contributed by atoms with Gasteiger partial charge in [0.25, 0.3) is 0 Å². The minimum absolute atomic E-state index is 0.145. The molecular weight excluding hydrogens is 203 g/mol. The third-order valence-corrected chi connectivity index (χ3v) is 2.39. The molecule has 0 saturated carbocycles. The van der Waals surface area contributed by atoms with Crippen LogP contribution in [-0.2, 0) is 0 Å². The van der Waals surface area contributed by atoms with Gasteiger partial charge in [0.1, 0.15) is 5.82 Å². The summed E-state index contributed by atoms with van der Waals surface area (Å²) in [6.45, 7) is 2.92. The topological polar surface area (TPSA) is 24.9 Å². The van der Waals surface area contributed by atoms with Gasteiger partial charge >= 0.3 is 0 Å². The van der Waals surface area contributed by atoms with Crippen LogP contribution in [-0.4, -0.2) is 11.5 Å². The van der Waals surface area contributed by atoms with Crippen LogP contribution >= 0.6 is 0 Å². The maximum absolute atomic E-state index is 12.6. The summed E-state index contributed by atoms with van der Waals surface area (Å²) in [4.78, 5) is 4.02. The fraction of sp³-hybridized carbons (Fsp3) is 0.462. The molecule has 1 rings (SSSR count). The number of nitrogens with one attached hydrogen (secondary N) is 1. The van der Waals surface area contributed by atoms with Gasteiger partial charge in [-0.3, -0.25) is 4.98 Å². The van der Waals surface area contributed by atoms with E-state index in [1.807, 2.05) is 6.92 Å². The maximum Gasteiger partial charge on any atom is 0.141 e. The van der Waals surface area contributed by atoms with Gasteiger partial charge in [-0.05, 0) is 38.4 Å². The molecule has 0 aliphatic heterocycles. The summed E-state index contributed by atoms with van der Waals surface area (Å²) in [6, 6.07) is 3.28. The van der Waals surface area contributed by atoms with Crippen LogP contribution in [0, 0.1) is 18.2 Å². The summed E-state index contributed by atoms with van der Waals surface area (Å²) < 4.78 is 12.6. The largest absolute Gasteiger partial charge is 0.309 e. The molecule has 0 bridgehead atoms. The zero-order chi connectivity index (χ0) is 11.8. The van der Waals surface area contributed by atoms with Crippen molar-refractivity contribution in [3.05, 3.63) is 29.8 Å². The van der Waals surface area contributed by atoms with E-state index >= 15 is 0 Å². The van der Waals surface area contributed by atoms with Crippen LogP contribution in [0.15, 0.2) is 18.3 Å². The highest BCUT2D eigenvalue weighted by atomic mass is 19.1. The van der Waals surface area contributed by atoms with Gasteiger partial charge in [-0.1, -0.05) is 0 Å². The van der Waals surface area contributed by atoms with E-state index in [0.29, 0.717) is 0 Å². The first kappa shape index (κ1) is 12.7. The summed E-state index contributed by atoms with van der Waals surface area (Å²) >= 11 is 0. The number of pyridine rings is 1. The molecule has 86 valence electrons. The zero-order valence-electron chi connectivity index (χ0n) is 9.54. The van der Waals surface area contributed by atoms with E-state index < -0.39 is 0 Å². The lowest BCUT2D eigenvalue weighted by Crippen LogP contribution is -2.20. The number of aromatic nitrogens is 1. The third kappa shape index (κ3) is 4.41. The van der Waals surface area contributed by atoms with Gasteiger partial charge in [0, 0.05) is 12.5 Å². The monoisotopic (exact) mass is 220 g/mol. The molecule has 0 saturated heterocycles. The summed E-state index contributed by atoms with van der Waals surface area (Å²) in [7, 11) is 0. The van der Waals surface area contributed by atoms with Gasteiger partial charge in [-0.2, -0.15) is 0 Å². The van der Waals surface area contributed by atoms with Gasteiger partial charge in [0.15, 0.2) is 0 Å². The van der Waals surface area contributed by atoms with E-state index in [0.717, 1.165) is 31.5 Å². The minimum atomic E-state index is -0.301. The first-order valence-corrected chi connectivity index (χ1v) is 5.52. The molecule has 16 heavy (non-hydrogen) atoms. The molecule has 0 radical (unpaired) electrons. The van der Waals surface area contributed by atoms with Crippen molar-refractivity contribution in [3.8, 4) is 12.3 Å². The number of halogens is 1. The normalized spacial score (nSPS) is 12.1. The van der Waals surface area contributed by atoms with Gasteiger partial charge in [0.05, 0.1) is 11.9 Å². The van der Waals surface area contributed by atoms with Crippen LogP contribution in [0.2, 0.25) is 0 Å². The highest BCUT2D eigenvalue weighted by Gasteiger charge is 2.05. The van der Waals surface area contributed by atoms with Gasteiger partial charge in [0.2, 0.25) is 0 Å². The van der Waals surface area contributed by atoms with Crippen LogP contribution in [0.1, 0.15) is 37.9 Å². The molecule has 1 N–H and O–H groups in total. The quantitative estimate of drug-likeness (QED) is 0.589. The van der Waals surface area contributed by atoms with E-state index in [1.54, 1.807) is 6.07 Å². The standard InChI is InChI=1S/C13H17FN2/c1-3-4-5-6-9-15-11(2)13-8-7-12(14)10-16-13/h1,7-8,10-11,15H,4-6,9H2,2H3. The summed E-state index contributed by atoms with van der Waals surface area (Å²) in [5, 5.41) is 3.32. The van der Waals surface area contributed by atoms with E-state index in [9.17, 15) is 4.39 Å². The van der Waals surface area contributed by atoms with Crippen molar-refractivity contribution in [1.29, 1.82) is 0 Å². The molecular formula is C13H17FN2. The van der Waals surface area contributed by atoms with Crippen molar-refractivity contribution in [2.45, 2.75) is 32.2 Å². The Balaban J connectivity index is 2.27. The SMILES string of the molecule is C#CCCCCNC(C)c1ccc(F)cn1. The summed E-state index contributed by atoms with van der Waals surface area (Å²) in [5.74, 6) is 2.31. The van der Waals surface area contributed by atoms with Crippen LogP contribution in [0.5, 0.6) is 0 Å². The number of rotatable bonds is 6. The summed E-state index contributed by atoms with van der Waals surface area (Å²) in [5.41, 5.74) is 0.860. The van der Waals surface area contributed by atoms with Crippen molar-refractivity contribution in [2.75, 3.05) is 6.54 Å². The second-order valence-corrected chi connectivity index (χ2v) is 3.74. The molecule has 0 spiro atoms. The molecule has 1 unspecified atom stereocenters. The minimum Gasteiger partial charge on any atom is -0.309 e. The van der Waals surface area contributed by atoms with Crippen molar-refractivity contribution >= 4 is 0 Å². The molecule has 0 aromatic carbocycles. The molecule has 3 heteroatoms. The Morgan fingerprint density at radius 2 is 2.31 bits per heavy atom. The number of hydrogen-bond donors (Lipinski definition) is 1. The first-order valence-electron chi connectivity index (χ1n) is 5.52. The van der Waals surface area contributed by atoms with E-state index in [2.05, 4.69) is 16.2 Å². The average Bonchev–Trinajstić information content (AvgIpc) is 2.29. The van der Waals surface area contributed by atoms with Crippen molar-refractivity contribution < 1.29 is 4.39 Å². The Hall–Kier alpha value is -1.40. The molecule has 1 heterocycles. The Morgan fingerprint density at radius 3 is 2.94 bits per heavy atom. The Kier molecular flexibility index (Phi) is 5.52. The van der Waals surface area contributed by atoms with Crippen molar-refractivity contribution in [3.63, 3.8) is 0 Å². The second-order valence-electron chi connectivity index (χ2n) is 3.74. The third-order valence-electron chi connectivity index (χ3n) is 2.39. The lowest BCUT2D eigenvalue weighted by Gasteiger charge is -2.12. The Morgan fingerprint density at radius 1 is 1.50 bits per heavy atom. The Labute approximate surface area is 96.3 Å². The predicted molar refractivity (Wildman–Crippen MR) is 63.3 cm³/mol. The fourth-order valence-corrected chi connectivity index (χ4v) is 1.42.